The van der Waals surface area contributed by atoms with Gasteiger partial charge in [-0.3, -0.25) is 4.79 Å². The average Bonchev–Trinajstić information content (AvgIpc) is 3.15. The molecule has 0 bridgehead atoms. The second kappa shape index (κ2) is 7.98. The van der Waals surface area contributed by atoms with Crippen LogP contribution in [0.5, 0.6) is 5.19 Å². The van der Waals surface area contributed by atoms with Crippen molar-refractivity contribution in [1.82, 2.24) is 9.88 Å². The van der Waals surface area contributed by atoms with E-state index in [0.717, 1.165) is 23.1 Å². The summed E-state index contributed by atoms with van der Waals surface area (Å²) in [5.41, 5.74) is 1.95. The molecule has 3 aromatic rings. The zero-order chi connectivity index (χ0) is 19.5. The maximum Gasteiger partial charge on any atom is 0.337 e. The second-order valence-electron chi connectivity index (χ2n) is 6.63. The summed E-state index contributed by atoms with van der Waals surface area (Å²) in [6, 6.07) is 14.5. The van der Waals surface area contributed by atoms with Crippen LogP contribution in [-0.2, 0) is 4.74 Å². The van der Waals surface area contributed by atoms with Gasteiger partial charge < -0.3 is 14.4 Å². The minimum atomic E-state index is -0.410. The summed E-state index contributed by atoms with van der Waals surface area (Å²) in [4.78, 5) is 30.5. The summed E-state index contributed by atoms with van der Waals surface area (Å²) in [5.74, 6) is -0.443. The predicted molar refractivity (Wildman–Crippen MR) is 107 cm³/mol. The number of hydrogen-bond acceptors (Lipinski definition) is 6. The normalized spacial score (nSPS) is 14.8. The first kappa shape index (κ1) is 18.4. The van der Waals surface area contributed by atoms with Gasteiger partial charge in [-0.2, -0.15) is 0 Å². The van der Waals surface area contributed by atoms with E-state index in [4.69, 9.17) is 4.74 Å². The number of aromatic nitrogens is 1. The summed E-state index contributed by atoms with van der Waals surface area (Å²) in [6.07, 6.45) is 1.59. The number of piperidine rings is 1. The van der Waals surface area contributed by atoms with E-state index in [1.54, 1.807) is 35.6 Å². The summed E-state index contributed by atoms with van der Waals surface area (Å²) in [6.45, 7) is 1.26. The van der Waals surface area contributed by atoms with Gasteiger partial charge in [-0.15, -0.1) is 0 Å². The van der Waals surface area contributed by atoms with Gasteiger partial charge in [-0.25, -0.2) is 9.78 Å². The van der Waals surface area contributed by atoms with Gasteiger partial charge in [0.05, 0.1) is 22.9 Å². The summed E-state index contributed by atoms with van der Waals surface area (Å²) < 4.78 is 11.8. The molecule has 4 rings (SSSR count). The SMILES string of the molecule is COC(=O)c1ccc(C(=O)N2CCC(Oc3nc4ccccc4s3)CC2)cc1. The van der Waals surface area contributed by atoms with Crippen molar-refractivity contribution in [2.45, 2.75) is 18.9 Å². The molecule has 0 atom stereocenters. The smallest absolute Gasteiger partial charge is 0.337 e. The van der Waals surface area contributed by atoms with Gasteiger partial charge in [0, 0.05) is 31.5 Å². The van der Waals surface area contributed by atoms with Gasteiger partial charge in [-0.05, 0) is 36.4 Å². The van der Waals surface area contributed by atoms with Crippen LogP contribution in [0.25, 0.3) is 10.2 Å². The Kier molecular flexibility index (Phi) is 5.25. The monoisotopic (exact) mass is 396 g/mol. The van der Waals surface area contributed by atoms with E-state index in [0.29, 0.717) is 29.4 Å². The lowest BCUT2D eigenvalue weighted by molar-refractivity contribution is 0.0584. The van der Waals surface area contributed by atoms with Crippen molar-refractivity contribution in [2.24, 2.45) is 0 Å². The maximum atomic E-state index is 12.7. The fourth-order valence-corrected chi connectivity index (χ4v) is 4.15. The molecule has 2 heterocycles. The minimum Gasteiger partial charge on any atom is -0.467 e. The molecule has 0 aliphatic carbocycles. The van der Waals surface area contributed by atoms with Gasteiger partial charge in [0.25, 0.3) is 11.1 Å². The van der Waals surface area contributed by atoms with Crippen LogP contribution >= 0.6 is 11.3 Å². The Hall–Kier alpha value is -2.93. The van der Waals surface area contributed by atoms with Crippen LogP contribution in [0.4, 0.5) is 0 Å². The third-order valence-corrected chi connectivity index (χ3v) is 5.75. The Morgan fingerprint density at radius 2 is 1.71 bits per heavy atom. The third kappa shape index (κ3) is 3.84. The van der Waals surface area contributed by atoms with Crippen LogP contribution in [-0.4, -0.2) is 48.1 Å². The number of nitrogens with zero attached hydrogens (tertiary/aromatic N) is 2. The number of rotatable bonds is 4. The van der Waals surface area contributed by atoms with Crippen molar-refractivity contribution in [2.75, 3.05) is 20.2 Å². The topological polar surface area (TPSA) is 68.7 Å². The number of thiazole rings is 1. The largest absolute Gasteiger partial charge is 0.467 e. The molecular formula is C21H20N2O4S. The number of esters is 1. The van der Waals surface area contributed by atoms with Gasteiger partial charge >= 0.3 is 5.97 Å². The molecule has 0 N–H and O–H groups in total. The van der Waals surface area contributed by atoms with Crippen LogP contribution < -0.4 is 4.74 Å². The number of fused-ring (bicyclic) bond motifs is 1. The second-order valence-corrected chi connectivity index (χ2v) is 7.62. The van der Waals surface area contributed by atoms with Gasteiger partial charge in [0.1, 0.15) is 6.10 Å². The standard InChI is InChI=1S/C21H20N2O4S/c1-26-20(25)15-8-6-14(7-9-15)19(24)23-12-10-16(11-13-23)27-21-22-17-4-2-3-5-18(17)28-21/h2-9,16H,10-13H2,1H3. The Labute approximate surface area is 166 Å². The van der Waals surface area contributed by atoms with Crippen LogP contribution in [0.1, 0.15) is 33.6 Å². The third-order valence-electron chi connectivity index (χ3n) is 4.82. The van der Waals surface area contributed by atoms with Gasteiger partial charge in [-0.1, -0.05) is 23.5 Å². The lowest BCUT2D eigenvalue weighted by Crippen LogP contribution is -2.41. The number of methoxy groups -OCH3 is 1. The van der Waals surface area contributed by atoms with Crippen LogP contribution in [0.3, 0.4) is 0 Å². The van der Waals surface area contributed by atoms with Crippen molar-refractivity contribution in [1.29, 1.82) is 0 Å². The van der Waals surface area contributed by atoms with Crippen LogP contribution in [0.2, 0.25) is 0 Å². The van der Waals surface area contributed by atoms with E-state index in [1.165, 1.54) is 7.11 Å². The van der Waals surface area contributed by atoms with Crippen molar-refractivity contribution >= 4 is 33.4 Å². The molecule has 1 fully saturated rings. The first-order valence-electron chi connectivity index (χ1n) is 9.14. The highest BCUT2D eigenvalue weighted by Gasteiger charge is 2.25. The highest BCUT2D eigenvalue weighted by Crippen LogP contribution is 2.29. The number of amides is 1. The summed E-state index contributed by atoms with van der Waals surface area (Å²) >= 11 is 1.55. The van der Waals surface area contributed by atoms with E-state index in [9.17, 15) is 9.59 Å². The fraction of sp³-hybridized carbons (Fsp3) is 0.286. The molecule has 0 radical (unpaired) electrons. The number of carbonyl (C=O) groups excluding carboxylic acids is 2. The number of ether oxygens (including phenoxy) is 2. The average molecular weight is 396 g/mol. The molecule has 6 nitrogen and oxygen atoms in total. The highest BCUT2D eigenvalue weighted by molar-refractivity contribution is 7.20. The molecule has 7 heteroatoms. The Morgan fingerprint density at radius 3 is 2.39 bits per heavy atom. The molecule has 1 amide bonds. The van der Waals surface area contributed by atoms with E-state index in [-0.39, 0.29) is 12.0 Å². The zero-order valence-electron chi connectivity index (χ0n) is 15.5. The molecule has 1 aliphatic rings. The highest BCUT2D eigenvalue weighted by atomic mass is 32.1. The molecule has 1 aliphatic heterocycles. The maximum absolute atomic E-state index is 12.7. The van der Waals surface area contributed by atoms with E-state index >= 15 is 0 Å². The fourth-order valence-electron chi connectivity index (χ4n) is 3.27. The minimum absolute atomic E-state index is 0.0325. The van der Waals surface area contributed by atoms with Gasteiger partial charge in [0.2, 0.25) is 0 Å². The van der Waals surface area contributed by atoms with Crippen molar-refractivity contribution in [3.8, 4) is 5.19 Å². The molecular weight excluding hydrogens is 376 g/mol. The number of hydrogen-bond donors (Lipinski definition) is 0. The molecule has 1 saturated heterocycles. The Bertz CT molecular complexity index is 958. The molecule has 2 aromatic carbocycles. The number of likely N-dealkylation sites (tertiary alicyclic amines) is 1. The van der Waals surface area contributed by atoms with E-state index in [2.05, 4.69) is 9.72 Å². The van der Waals surface area contributed by atoms with Crippen molar-refractivity contribution in [3.05, 3.63) is 59.7 Å². The van der Waals surface area contributed by atoms with Crippen LogP contribution in [0.15, 0.2) is 48.5 Å². The van der Waals surface area contributed by atoms with Gasteiger partial charge in [0.15, 0.2) is 0 Å². The Morgan fingerprint density at radius 1 is 1.04 bits per heavy atom. The van der Waals surface area contributed by atoms with Crippen LogP contribution in [0, 0.1) is 0 Å². The number of carbonyl (C=O) groups is 2. The number of para-hydroxylation sites is 1. The van der Waals surface area contributed by atoms with E-state index in [1.807, 2.05) is 29.2 Å². The summed E-state index contributed by atoms with van der Waals surface area (Å²) in [7, 11) is 1.34. The molecule has 0 saturated carbocycles. The van der Waals surface area contributed by atoms with E-state index < -0.39 is 5.97 Å². The Balaban J connectivity index is 1.34. The summed E-state index contributed by atoms with van der Waals surface area (Å²) in [5, 5.41) is 0.685. The lowest BCUT2D eigenvalue weighted by atomic mass is 10.1. The molecule has 28 heavy (non-hydrogen) atoms. The molecule has 144 valence electrons. The number of benzene rings is 2. The van der Waals surface area contributed by atoms with Crippen molar-refractivity contribution in [3.63, 3.8) is 0 Å². The predicted octanol–water partition coefficient (Wildman–Crippen LogP) is 3.77. The first-order chi connectivity index (χ1) is 13.6. The quantitative estimate of drug-likeness (QED) is 0.628. The first-order valence-corrected chi connectivity index (χ1v) is 9.95. The molecule has 0 unspecified atom stereocenters. The zero-order valence-corrected chi connectivity index (χ0v) is 16.3. The lowest BCUT2D eigenvalue weighted by Gasteiger charge is -2.31. The van der Waals surface area contributed by atoms with Crippen molar-refractivity contribution < 1.29 is 19.1 Å². The molecule has 1 aromatic heterocycles. The molecule has 0 spiro atoms.